The molecule has 0 fully saturated rings. The zero-order valence-corrected chi connectivity index (χ0v) is 12.1. The highest BCUT2D eigenvalue weighted by Gasteiger charge is 2.18. The van der Waals surface area contributed by atoms with Crippen molar-refractivity contribution in [3.05, 3.63) is 40.7 Å². The third-order valence-electron chi connectivity index (χ3n) is 3.66. The second-order valence-electron chi connectivity index (χ2n) is 5.12. The number of fused-ring (bicyclic) bond motifs is 1. The summed E-state index contributed by atoms with van der Waals surface area (Å²) in [6.45, 7) is 4.62. The molecule has 6 nitrogen and oxygen atoms in total. The highest BCUT2D eigenvalue weighted by molar-refractivity contribution is 6.05. The summed E-state index contributed by atoms with van der Waals surface area (Å²) < 4.78 is 0. The van der Waals surface area contributed by atoms with Crippen molar-refractivity contribution in [1.29, 1.82) is 0 Å². The van der Waals surface area contributed by atoms with Crippen LogP contribution >= 0.6 is 0 Å². The van der Waals surface area contributed by atoms with Gasteiger partial charge in [-0.15, -0.1) is 5.10 Å². The lowest BCUT2D eigenvalue weighted by Crippen LogP contribution is -2.20. The molecule has 1 aliphatic rings. The van der Waals surface area contributed by atoms with Crippen LogP contribution < -0.4 is 10.6 Å². The number of carbonyl (C=O) groups excluding carboxylic acids is 1. The first-order chi connectivity index (χ1) is 10.1. The van der Waals surface area contributed by atoms with E-state index in [4.69, 9.17) is 0 Å². The molecule has 2 aromatic rings. The SMILES string of the molecule is Cc1nnc(NC(=O)c2cccc3c2CCCN3)nc1C. The number of hydrogen-bond acceptors (Lipinski definition) is 5. The molecule has 2 N–H and O–H groups in total. The third kappa shape index (κ3) is 2.69. The maximum Gasteiger partial charge on any atom is 0.258 e. The Morgan fingerprint density at radius 2 is 2.10 bits per heavy atom. The molecule has 0 aliphatic carbocycles. The fourth-order valence-electron chi connectivity index (χ4n) is 2.40. The van der Waals surface area contributed by atoms with Crippen molar-refractivity contribution in [2.45, 2.75) is 26.7 Å². The topological polar surface area (TPSA) is 79.8 Å². The van der Waals surface area contributed by atoms with Gasteiger partial charge in [0.05, 0.1) is 11.4 Å². The summed E-state index contributed by atoms with van der Waals surface area (Å²) >= 11 is 0. The zero-order chi connectivity index (χ0) is 14.8. The largest absolute Gasteiger partial charge is 0.385 e. The van der Waals surface area contributed by atoms with Gasteiger partial charge in [0, 0.05) is 17.8 Å². The number of hydrogen-bond donors (Lipinski definition) is 2. The van der Waals surface area contributed by atoms with Gasteiger partial charge in [0.1, 0.15) is 0 Å². The molecular formula is C15H17N5O. The van der Waals surface area contributed by atoms with Crippen LogP contribution in [-0.2, 0) is 6.42 Å². The van der Waals surface area contributed by atoms with Gasteiger partial charge >= 0.3 is 0 Å². The smallest absolute Gasteiger partial charge is 0.258 e. The van der Waals surface area contributed by atoms with Gasteiger partial charge in [-0.2, -0.15) is 5.10 Å². The van der Waals surface area contributed by atoms with Gasteiger partial charge in [0.25, 0.3) is 5.91 Å². The van der Waals surface area contributed by atoms with Gasteiger partial charge in [0.2, 0.25) is 5.95 Å². The first-order valence-corrected chi connectivity index (χ1v) is 7.00. The maximum absolute atomic E-state index is 12.4. The van der Waals surface area contributed by atoms with Gasteiger partial charge in [-0.3, -0.25) is 10.1 Å². The van der Waals surface area contributed by atoms with Gasteiger partial charge in [-0.25, -0.2) is 4.98 Å². The minimum atomic E-state index is -0.194. The van der Waals surface area contributed by atoms with E-state index in [1.165, 1.54) is 0 Å². The van der Waals surface area contributed by atoms with Crippen LogP contribution in [0.1, 0.15) is 33.7 Å². The van der Waals surface area contributed by atoms with Crippen LogP contribution in [0.15, 0.2) is 18.2 Å². The first kappa shape index (κ1) is 13.5. The van der Waals surface area contributed by atoms with Crippen molar-refractivity contribution in [3.8, 4) is 0 Å². The molecule has 1 aliphatic heterocycles. The highest BCUT2D eigenvalue weighted by atomic mass is 16.1. The van der Waals surface area contributed by atoms with E-state index >= 15 is 0 Å². The van der Waals surface area contributed by atoms with Crippen molar-refractivity contribution >= 4 is 17.5 Å². The molecule has 0 radical (unpaired) electrons. The van der Waals surface area contributed by atoms with Gasteiger partial charge in [0.15, 0.2) is 0 Å². The standard InChI is InChI=1S/C15H17N5O/c1-9-10(2)19-20-15(17-9)18-14(21)12-5-3-7-13-11(12)6-4-8-16-13/h3,5,7,16H,4,6,8H2,1-2H3,(H,17,18,20,21). The molecule has 1 amide bonds. The lowest BCUT2D eigenvalue weighted by molar-refractivity contribution is 0.102. The second-order valence-corrected chi connectivity index (χ2v) is 5.12. The third-order valence-corrected chi connectivity index (χ3v) is 3.66. The maximum atomic E-state index is 12.4. The van der Waals surface area contributed by atoms with E-state index in [9.17, 15) is 4.79 Å². The van der Waals surface area contributed by atoms with E-state index in [1.807, 2.05) is 32.0 Å². The van der Waals surface area contributed by atoms with Crippen LogP contribution in [-0.4, -0.2) is 27.6 Å². The van der Waals surface area contributed by atoms with Crippen molar-refractivity contribution in [1.82, 2.24) is 15.2 Å². The lowest BCUT2D eigenvalue weighted by atomic mass is 9.97. The average Bonchev–Trinajstić information content (AvgIpc) is 2.50. The summed E-state index contributed by atoms with van der Waals surface area (Å²) in [5.41, 5.74) is 4.28. The van der Waals surface area contributed by atoms with Crippen LogP contribution in [0.3, 0.4) is 0 Å². The summed E-state index contributed by atoms with van der Waals surface area (Å²) in [7, 11) is 0. The quantitative estimate of drug-likeness (QED) is 0.882. The molecule has 21 heavy (non-hydrogen) atoms. The Morgan fingerprint density at radius 1 is 1.24 bits per heavy atom. The molecule has 1 aromatic carbocycles. The first-order valence-electron chi connectivity index (χ1n) is 7.00. The number of amides is 1. The summed E-state index contributed by atoms with van der Waals surface area (Å²) in [5.74, 6) is 0.0464. The van der Waals surface area contributed by atoms with E-state index in [1.54, 1.807) is 0 Å². The van der Waals surface area contributed by atoms with Crippen molar-refractivity contribution in [3.63, 3.8) is 0 Å². The van der Waals surface area contributed by atoms with E-state index < -0.39 is 0 Å². The summed E-state index contributed by atoms with van der Waals surface area (Å²) in [6, 6.07) is 5.71. The van der Waals surface area contributed by atoms with Crippen LogP contribution in [0.4, 0.5) is 11.6 Å². The Hall–Kier alpha value is -2.50. The Balaban J connectivity index is 1.87. The Morgan fingerprint density at radius 3 is 2.90 bits per heavy atom. The fraction of sp³-hybridized carbons (Fsp3) is 0.333. The minimum absolute atomic E-state index is 0.194. The van der Waals surface area contributed by atoms with Crippen molar-refractivity contribution in [2.24, 2.45) is 0 Å². The molecule has 108 valence electrons. The molecule has 1 aromatic heterocycles. The number of anilines is 2. The number of carbonyl (C=O) groups is 1. The number of benzene rings is 1. The summed E-state index contributed by atoms with van der Waals surface area (Å²) in [4.78, 5) is 16.7. The molecule has 0 saturated carbocycles. The van der Waals surface area contributed by atoms with Crippen LogP contribution in [0.5, 0.6) is 0 Å². The fourth-order valence-corrected chi connectivity index (χ4v) is 2.40. The van der Waals surface area contributed by atoms with Gasteiger partial charge in [-0.1, -0.05) is 6.07 Å². The molecule has 6 heteroatoms. The number of rotatable bonds is 2. The van der Waals surface area contributed by atoms with Gasteiger partial charge in [-0.05, 0) is 44.4 Å². The molecule has 3 rings (SSSR count). The number of aryl methyl sites for hydroxylation is 2. The molecule has 0 atom stereocenters. The normalized spacial score (nSPS) is 13.2. The number of nitrogens with one attached hydrogen (secondary N) is 2. The zero-order valence-electron chi connectivity index (χ0n) is 12.1. The van der Waals surface area contributed by atoms with Crippen LogP contribution in [0.25, 0.3) is 0 Å². The van der Waals surface area contributed by atoms with E-state index in [0.29, 0.717) is 5.56 Å². The van der Waals surface area contributed by atoms with Crippen molar-refractivity contribution < 1.29 is 4.79 Å². The molecule has 2 heterocycles. The second kappa shape index (κ2) is 5.47. The van der Waals surface area contributed by atoms with Crippen LogP contribution in [0.2, 0.25) is 0 Å². The Kier molecular flexibility index (Phi) is 3.51. The average molecular weight is 283 g/mol. The van der Waals surface area contributed by atoms with Gasteiger partial charge < -0.3 is 5.32 Å². The molecule has 0 saturated heterocycles. The Bertz CT molecular complexity index is 698. The number of aromatic nitrogens is 3. The molecule has 0 spiro atoms. The monoisotopic (exact) mass is 283 g/mol. The lowest BCUT2D eigenvalue weighted by Gasteiger charge is -2.20. The van der Waals surface area contributed by atoms with Crippen molar-refractivity contribution in [2.75, 3.05) is 17.2 Å². The number of nitrogens with zero attached hydrogens (tertiary/aromatic N) is 3. The molecule has 0 bridgehead atoms. The summed E-state index contributed by atoms with van der Waals surface area (Å²) in [6.07, 6.45) is 1.93. The predicted molar refractivity (Wildman–Crippen MR) is 80.5 cm³/mol. The summed E-state index contributed by atoms with van der Waals surface area (Å²) in [5, 5.41) is 13.9. The minimum Gasteiger partial charge on any atom is -0.385 e. The van der Waals surface area contributed by atoms with Crippen LogP contribution in [0, 0.1) is 13.8 Å². The van der Waals surface area contributed by atoms with E-state index in [0.717, 1.165) is 42.0 Å². The predicted octanol–water partition coefficient (Wildman–Crippen LogP) is 2.10. The molecular weight excluding hydrogens is 266 g/mol. The molecule has 0 unspecified atom stereocenters. The highest BCUT2D eigenvalue weighted by Crippen LogP contribution is 2.25. The Labute approximate surface area is 123 Å². The van der Waals surface area contributed by atoms with E-state index in [2.05, 4.69) is 25.8 Å². The van der Waals surface area contributed by atoms with E-state index in [-0.39, 0.29) is 11.9 Å².